The lowest BCUT2D eigenvalue weighted by atomic mass is 9.96. The van der Waals surface area contributed by atoms with Crippen molar-refractivity contribution in [3.8, 4) is 28.2 Å². The first-order valence-electron chi connectivity index (χ1n) is 11.4. The highest BCUT2D eigenvalue weighted by molar-refractivity contribution is 7.88. The molecule has 2 aromatic heterocycles. The first-order valence-corrected chi connectivity index (χ1v) is 13.3. The molecule has 0 saturated heterocycles. The Morgan fingerprint density at radius 3 is 2.37 bits per heavy atom. The Hall–Kier alpha value is -3.63. The van der Waals surface area contributed by atoms with Crippen molar-refractivity contribution in [2.75, 3.05) is 6.26 Å². The average molecular weight is 493 g/mol. The van der Waals surface area contributed by atoms with Gasteiger partial charge in [0, 0.05) is 28.9 Å². The highest BCUT2D eigenvalue weighted by Gasteiger charge is 2.19. The van der Waals surface area contributed by atoms with Crippen molar-refractivity contribution in [2.45, 2.75) is 39.7 Å². The summed E-state index contributed by atoms with van der Waals surface area (Å²) in [5.74, 6) is 0.524. The van der Waals surface area contributed by atoms with Gasteiger partial charge in [0.2, 0.25) is 10.0 Å². The molecule has 0 aliphatic carbocycles. The van der Waals surface area contributed by atoms with Crippen LogP contribution in [-0.2, 0) is 23.0 Å². The van der Waals surface area contributed by atoms with E-state index in [-0.39, 0.29) is 12.1 Å². The number of aromatic nitrogens is 5. The van der Waals surface area contributed by atoms with Gasteiger partial charge in [-0.3, -0.25) is 9.36 Å². The third-order valence-electron chi connectivity index (χ3n) is 5.87. The number of nitrogens with one attached hydrogen (secondary N) is 2. The van der Waals surface area contributed by atoms with E-state index in [1.165, 1.54) is 0 Å². The van der Waals surface area contributed by atoms with E-state index in [9.17, 15) is 13.2 Å². The van der Waals surface area contributed by atoms with Gasteiger partial charge in [-0.15, -0.1) is 5.10 Å². The summed E-state index contributed by atoms with van der Waals surface area (Å²) < 4.78 is 27.7. The molecular formula is C25H28N6O3S. The van der Waals surface area contributed by atoms with Crippen LogP contribution < -0.4 is 10.3 Å². The van der Waals surface area contributed by atoms with Crippen LogP contribution in [0.15, 0.2) is 59.4 Å². The number of benzene rings is 2. The van der Waals surface area contributed by atoms with Gasteiger partial charge in [0.1, 0.15) is 0 Å². The number of sulfonamides is 1. The maximum Gasteiger partial charge on any atom is 0.260 e. The molecule has 35 heavy (non-hydrogen) atoms. The molecule has 0 amide bonds. The molecule has 2 N–H and O–H groups in total. The van der Waals surface area contributed by atoms with Crippen LogP contribution in [0.1, 0.15) is 36.6 Å². The van der Waals surface area contributed by atoms with Crippen molar-refractivity contribution >= 4 is 10.0 Å². The lowest BCUT2D eigenvalue weighted by molar-refractivity contribution is 0.587. The third-order valence-corrected chi connectivity index (χ3v) is 6.54. The number of para-hydroxylation sites is 1. The van der Waals surface area contributed by atoms with Crippen molar-refractivity contribution in [1.29, 1.82) is 0 Å². The second kappa shape index (κ2) is 10.3. The second-order valence-corrected chi connectivity index (χ2v) is 10.3. The first kappa shape index (κ1) is 24.5. The number of nitrogens with zero attached hydrogens (tertiary/aromatic N) is 4. The lowest BCUT2D eigenvalue weighted by Crippen LogP contribution is -2.31. The van der Waals surface area contributed by atoms with Crippen molar-refractivity contribution in [3.63, 3.8) is 0 Å². The minimum atomic E-state index is -3.46. The van der Waals surface area contributed by atoms with Crippen molar-refractivity contribution in [1.82, 2.24) is 29.9 Å². The standard InChI is InChI=1S/C25H28N6O3S/c1-4-5-10-18-15-17(2)22(16-26-35(3,33)34)25(32)31(18)23-14-9-8-12-20(23)19-11-6-7-13-21(19)24-27-29-30-28-24/h6-9,11-15,26H,4-5,10,16H2,1-3H3,(H,27,28,29,30). The summed E-state index contributed by atoms with van der Waals surface area (Å²) >= 11 is 0. The zero-order valence-corrected chi connectivity index (χ0v) is 20.8. The molecule has 0 aliphatic heterocycles. The van der Waals surface area contributed by atoms with Gasteiger partial charge in [0.15, 0.2) is 5.82 Å². The van der Waals surface area contributed by atoms with Crippen LogP contribution in [0.3, 0.4) is 0 Å². The number of hydrogen-bond donors (Lipinski definition) is 2. The fourth-order valence-electron chi connectivity index (χ4n) is 4.15. The fraction of sp³-hybridized carbons (Fsp3) is 0.280. The molecule has 4 aromatic rings. The minimum Gasteiger partial charge on any atom is -0.280 e. The van der Waals surface area contributed by atoms with Crippen LogP contribution >= 0.6 is 0 Å². The SMILES string of the molecule is CCCCc1cc(C)c(CNS(C)(=O)=O)c(=O)n1-c1ccccc1-c1ccccc1-c1nnn[nH]1. The van der Waals surface area contributed by atoms with E-state index in [1.807, 2.05) is 61.5 Å². The van der Waals surface area contributed by atoms with Crippen LogP contribution in [-0.4, -0.2) is 39.9 Å². The van der Waals surface area contributed by atoms with Crippen LogP contribution in [0.4, 0.5) is 0 Å². The Labute approximate surface area is 204 Å². The van der Waals surface area contributed by atoms with E-state index >= 15 is 0 Å². The molecule has 182 valence electrons. The Morgan fingerprint density at radius 1 is 1.03 bits per heavy atom. The molecule has 2 heterocycles. The van der Waals surface area contributed by atoms with Gasteiger partial charge in [-0.1, -0.05) is 55.8 Å². The Balaban J connectivity index is 1.96. The molecule has 0 radical (unpaired) electrons. The molecule has 0 bridgehead atoms. The predicted molar refractivity (Wildman–Crippen MR) is 136 cm³/mol. The molecule has 0 unspecified atom stereocenters. The summed E-state index contributed by atoms with van der Waals surface area (Å²) in [6, 6.07) is 17.4. The summed E-state index contributed by atoms with van der Waals surface area (Å²) in [4.78, 5) is 13.9. The zero-order valence-electron chi connectivity index (χ0n) is 19.9. The molecule has 0 spiro atoms. The topological polar surface area (TPSA) is 123 Å². The molecule has 2 aromatic carbocycles. The van der Waals surface area contributed by atoms with Gasteiger partial charge in [-0.25, -0.2) is 18.2 Å². The highest BCUT2D eigenvalue weighted by atomic mass is 32.2. The lowest BCUT2D eigenvalue weighted by Gasteiger charge is -2.20. The smallest absolute Gasteiger partial charge is 0.260 e. The molecule has 0 fully saturated rings. The number of rotatable bonds is 9. The van der Waals surface area contributed by atoms with Crippen molar-refractivity contribution in [2.24, 2.45) is 0 Å². The summed E-state index contributed by atoms with van der Waals surface area (Å²) in [6.07, 6.45) is 3.70. The van der Waals surface area contributed by atoms with E-state index in [4.69, 9.17) is 0 Å². The number of tetrazole rings is 1. The third kappa shape index (κ3) is 5.39. The van der Waals surface area contributed by atoms with E-state index in [0.717, 1.165) is 47.0 Å². The monoisotopic (exact) mass is 492 g/mol. The number of pyridine rings is 1. The zero-order chi connectivity index (χ0) is 25.0. The summed E-state index contributed by atoms with van der Waals surface area (Å²) in [7, 11) is -3.46. The van der Waals surface area contributed by atoms with Crippen molar-refractivity contribution < 1.29 is 8.42 Å². The maximum atomic E-state index is 13.9. The Bertz CT molecular complexity index is 1490. The maximum absolute atomic E-state index is 13.9. The van der Waals surface area contributed by atoms with Crippen LogP contribution in [0.2, 0.25) is 0 Å². The van der Waals surface area contributed by atoms with E-state index in [2.05, 4.69) is 32.3 Å². The highest BCUT2D eigenvalue weighted by Crippen LogP contribution is 2.34. The summed E-state index contributed by atoms with van der Waals surface area (Å²) in [5.41, 5.74) is 5.04. The van der Waals surface area contributed by atoms with E-state index < -0.39 is 10.0 Å². The molecule has 0 atom stereocenters. The molecule has 0 aliphatic rings. The summed E-state index contributed by atoms with van der Waals surface area (Å²) in [6.45, 7) is 3.88. The first-order chi connectivity index (χ1) is 16.8. The fourth-order valence-corrected chi connectivity index (χ4v) is 4.56. The number of unbranched alkanes of at least 4 members (excludes halogenated alkanes) is 1. The van der Waals surface area contributed by atoms with Crippen LogP contribution in [0.5, 0.6) is 0 Å². The van der Waals surface area contributed by atoms with E-state index in [0.29, 0.717) is 23.5 Å². The van der Waals surface area contributed by atoms with E-state index in [1.54, 1.807) is 4.57 Å². The van der Waals surface area contributed by atoms with Gasteiger partial charge in [0.05, 0.1) is 11.9 Å². The van der Waals surface area contributed by atoms with Gasteiger partial charge < -0.3 is 0 Å². The van der Waals surface area contributed by atoms with Crippen LogP contribution in [0, 0.1) is 6.92 Å². The number of H-pyrrole nitrogens is 1. The molecule has 0 saturated carbocycles. The molecular weight excluding hydrogens is 464 g/mol. The molecule has 9 nitrogen and oxygen atoms in total. The van der Waals surface area contributed by atoms with Gasteiger partial charge >= 0.3 is 0 Å². The van der Waals surface area contributed by atoms with Crippen molar-refractivity contribution in [3.05, 3.63) is 81.8 Å². The number of aromatic amines is 1. The average Bonchev–Trinajstić information content (AvgIpc) is 3.37. The second-order valence-electron chi connectivity index (χ2n) is 8.45. The van der Waals surface area contributed by atoms with Gasteiger partial charge in [-0.2, -0.15) is 0 Å². The normalized spacial score (nSPS) is 11.6. The minimum absolute atomic E-state index is 0.0694. The molecule has 4 rings (SSSR count). The van der Waals surface area contributed by atoms with Crippen LogP contribution in [0.25, 0.3) is 28.2 Å². The Kier molecular flexibility index (Phi) is 7.23. The number of aryl methyl sites for hydroxylation is 2. The predicted octanol–water partition coefficient (Wildman–Crippen LogP) is 3.38. The largest absolute Gasteiger partial charge is 0.280 e. The summed E-state index contributed by atoms with van der Waals surface area (Å²) in [5, 5.41) is 14.3. The molecule has 10 heteroatoms. The van der Waals surface area contributed by atoms with Gasteiger partial charge in [0.25, 0.3) is 5.56 Å². The van der Waals surface area contributed by atoms with Gasteiger partial charge in [-0.05, 0) is 53.5 Å². The Morgan fingerprint density at radius 2 is 1.71 bits per heavy atom. The number of hydrogen-bond acceptors (Lipinski definition) is 6. The quantitative estimate of drug-likeness (QED) is 0.369.